The summed E-state index contributed by atoms with van der Waals surface area (Å²) in [5.74, 6) is 1.30. The third-order valence-electron chi connectivity index (χ3n) is 4.97. The number of nitrogens with zero attached hydrogens (tertiary/aromatic N) is 1. The predicted octanol–water partition coefficient (Wildman–Crippen LogP) is 3.11. The minimum Gasteiger partial charge on any atom is -0.493 e. The number of aryl methyl sites for hydroxylation is 1. The zero-order valence-corrected chi connectivity index (χ0v) is 18.3. The van der Waals surface area contributed by atoms with Crippen LogP contribution in [0.1, 0.15) is 17.5 Å². The van der Waals surface area contributed by atoms with Gasteiger partial charge in [0.15, 0.2) is 21.3 Å². The van der Waals surface area contributed by atoms with E-state index in [0.717, 1.165) is 29.7 Å². The molecule has 3 rings (SSSR count). The molecule has 30 heavy (non-hydrogen) atoms. The van der Waals surface area contributed by atoms with Crippen LogP contribution in [0.3, 0.4) is 0 Å². The van der Waals surface area contributed by atoms with Gasteiger partial charge in [0.2, 0.25) is 5.75 Å². The lowest BCUT2D eigenvalue weighted by molar-refractivity contribution is -0.114. The first kappa shape index (κ1) is 21.7. The number of sulfone groups is 1. The number of carbonyl (C=O) groups excluding carboxylic acids is 1. The summed E-state index contributed by atoms with van der Waals surface area (Å²) in [5, 5.41) is 0. The highest BCUT2D eigenvalue weighted by Gasteiger charge is 2.22. The Kier molecular flexibility index (Phi) is 6.36. The Bertz CT molecular complexity index is 1070. The fraction of sp³-hybridized carbons (Fsp3) is 0.318. The average molecular weight is 432 g/mol. The van der Waals surface area contributed by atoms with E-state index < -0.39 is 9.84 Å². The van der Waals surface area contributed by atoms with Gasteiger partial charge in [-0.15, -0.1) is 0 Å². The zero-order valence-electron chi connectivity index (χ0n) is 17.5. The first-order valence-electron chi connectivity index (χ1n) is 9.41. The molecule has 1 aliphatic heterocycles. The highest BCUT2D eigenvalue weighted by molar-refractivity contribution is 7.90. The van der Waals surface area contributed by atoms with Crippen LogP contribution in [0.25, 0.3) is 6.08 Å². The number of hydrogen-bond donors (Lipinski definition) is 0. The topological polar surface area (TPSA) is 82.1 Å². The molecule has 0 unspecified atom stereocenters. The molecule has 2 aromatic carbocycles. The van der Waals surface area contributed by atoms with Gasteiger partial charge in [-0.3, -0.25) is 4.79 Å². The van der Waals surface area contributed by atoms with Crippen LogP contribution in [-0.2, 0) is 21.1 Å². The largest absolute Gasteiger partial charge is 0.493 e. The quantitative estimate of drug-likeness (QED) is 0.654. The molecule has 0 aromatic heterocycles. The molecule has 0 radical (unpaired) electrons. The van der Waals surface area contributed by atoms with E-state index in [1.54, 1.807) is 41.3 Å². The van der Waals surface area contributed by atoms with E-state index in [-0.39, 0.29) is 10.8 Å². The minimum absolute atomic E-state index is 0.184. The van der Waals surface area contributed by atoms with Crippen LogP contribution >= 0.6 is 0 Å². The molecular formula is C22H25NO6S. The van der Waals surface area contributed by atoms with E-state index in [4.69, 9.17) is 14.2 Å². The molecule has 0 fully saturated rings. The number of fused-ring (bicyclic) bond motifs is 1. The number of ether oxygens (including phenoxy) is 3. The van der Waals surface area contributed by atoms with Crippen LogP contribution in [0, 0.1) is 0 Å². The van der Waals surface area contributed by atoms with Crippen molar-refractivity contribution < 1.29 is 27.4 Å². The van der Waals surface area contributed by atoms with Gasteiger partial charge in [-0.1, -0.05) is 0 Å². The molecule has 0 saturated carbocycles. The van der Waals surface area contributed by atoms with Crippen molar-refractivity contribution in [1.82, 2.24) is 0 Å². The van der Waals surface area contributed by atoms with Crippen LogP contribution in [0.4, 0.5) is 5.69 Å². The van der Waals surface area contributed by atoms with Gasteiger partial charge in [0, 0.05) is 24.6 Å². The summed E-state index contributed by atoms with van der Waals surface area (Å²) in [6.07, 6.45) is 5.86. The Labute approximate surface area is 176 Å². The molecule has 1 heterocycles. The van der Waals surface area contributed by atoms with Gasteiger partial charge in [0.05, 0.1) is 26.2 Å². The SMILES string of the molecule is COc1cc(/C=C/C(=O)N2CCCc3cc(S(C)(=O)=O)ccc32)cc(OC)c1OC. The van der Waals surface area contributed by atoms with Crippen LogP contribution in [-0.4, -0.2) is 48.5 Å². The van der Waals surface area contributed by atoms with Crippen LogP contribution in [0.15, 0.2) is 41.3 Å². The maximum atomic E-state index is 12.9. The Balaban J connectivity index is 1.88. The normalized spacial score (nSPS) is 13.8. The number of carbonyl (C=O) groups is 1. The smallest absolute Gasteiger partial charge is 0.250 e. The molecule has 0 atom stereocenters. The minimum atomic E-state index is -3.29. The first-order chi connectivity index (χ1) is 14.3. The highest BCUT2D eigenvalue weighted by atomic mass is 32.2. The Hall–Kier alpha value is -3.00. The number of amides is 1. The van der Waals surface area contributed by atoms with Crippen molar-refractivity contribution in [3.63, 3.8) is 0 Å². The summed E-state index contributed by atoms with van der Waals surface area (Å²) in [6.45, 7) is 0.573. The number of methoxy groups -OCH3 is 3. The van der Waals surface area contributed by atoms with Gasteiger partial charge >= 0.3 is 0 Å². The van der Waals surface area contributed by atoms with E-state index in [2.05, 4.69) is 0 Å². The van der Waals surface area contributed by atoms with Gasteiger partial charge in [-0.2, -0.15) is 0 Å². The van der Waals surface area contributed by atoms with E-state index in [0.29, 0.717) is 23.8 Å². The molecule has 160 valence electrons. The van der Waals surface area contributed by atoms with Crippen molar-refractivity contribution in [2.45, 2.75) is 17.7 Å². The Morgan fingerprint density at radius 1 is 1.03 bits per heavy atom. The molecular weight excluding hydrogens is 406 g/mol. The molecule has 8 heteroatoms. The number of benzene rings is 2. The second-order valence-electron chi connectivity index (χ2n) is 6.95. The van der Waals surface area contributed by atoms with E-state index in [1.807, 2.05) is 0 Å². The molecule has 1 aliphatic rings. The molecule has 0 N–H and O–H groups in total. The monoisotopic (exact) mass is 431 g/mol. The summed E-state index contributed by atoms with van der Waals surface area (Å²) < 4.78 is 39.6. The van der Waals surface area contributed by atoms with Crippen LogP contribution in [0.5, 0.6) is 17.2 Å². The van der Waals surface area contributed by atoms with Gasteiger partial charge in [-0.05, 0) is 60.4 Å². The summed E-state index contributed by atoms with van der Waals surface area (Å²) in [5.41, 5.74) is 2.33. The molecule has 7 nitrogen and oxygen atoms in total. The van der Waals surface area contributed by atoms with Crippen LogP contribution < -0.4 is 19.1 Å². The zero-order chi connectivity index (χ0) is 21.9. The molecule has 0 aliphatic carbocycles. The lowest BCUT2D eigenvalue weighted by Gasteiger charge is -2.29. The van der Waals surface area contributed by atoms with Gasteiger partial charge in [0.25, 0.3) is 5.91 Å². The molecule has 0 spiro atoms. The van der Waals surface area contributed by atoms with Gasteiger partial charge in [-0.25, -0.2) is 8.42 Å². The standard InChI is InChI=1S/C22H25NO6S/c1-27-19-12-15(13-20(28-2)22(19)29-3)7-10-21(24)23-11-5-6-16-14-17(30(4,25)26)8-9-18(16)23/h7-10,12-14H,5-6,11H2,1-4H3/b10-7+. The molecule has 1 amide bonds. The van der Waals surface area contributed by atoms with Crippen molar-refractivity contribution in [3.05, 3.63) is 47.5 Å². The lowest BCUT2D eigenvalue weighted by Crippen LogP contribution is -2.34. The number of hydrogen-bond acceptors (Lipinski definition) is 6. The van der Waals surface area contributed by atoms with E-state index in [1.165, 1.54) is 33.7 Å². The molecule has 2 aromatic rings. The lowest BCUT2D eigenvalue weighted by atomic mass is 10.0. The second-order valence-corrected chi connectivity index (χ2v) is 8.96. The summed E-state index contributed by atoms with van der Waals surface area (Å²) in [7, 11) is 1.31. The van der Waals surface area contributed by atoms with Crippen molar-refractivity contribution >= 4 is 27.5 Å². The highest BCUT2D eigenvalue weighted by Crippen LogP contribution is 2.38. The molecule has 0 saturated heterocycles. The van der Waals surface area contributed by atoms with Crippen LogP contribution in [0.2, 0.25) is 0 Å². The average Bonchev–Trinajstić information content (AvgIpc) is 2.75. The Morgan fingerprint density at radius 2 is 1.70 bits per heavy atom. The number of rotatable bonds is 6. The van der Waals surface area contributed by atoms with Crippen molar-refractivity contribution in [3.8, 4) is 17.2 Å². The summed E-state index contributed by atoms with van der Waals surface area (Å²) in [6, 6.07) is 8.42. The first-order valence-corrected chi connectivity index (χ1v) is 11.3. The summed E-state index contributed by atoms with van der Waals surface area (Å²) in [4.78, 5) is 14.8. The molecule has 0 bridgehead atoms. The maximum absolute atomic E-state index is 12.9. The predicted molar refractivity (Wildman–Crippen MR) is 115 cm³/mol. The fourth-order valence-electron chi connectivity index (χ4n) is 3.49. The number of anilines is 1. The Morgan fingerprint density at radius 3 is 2.27 bits per heavy atom. The van der Waals surface area contributed by atoms with Gasteiger partial charge in [0.1, 0.15) is 0 Å². The van der Waals surface area contributed by atoms with Gasteiger partial charge < -0.3 is 19.1 Å². The third kappa shape index (κ3) is 4.43. The van der Waals surface area contributed by atoms with E-state index >= 15 is 0 Å². The second kappa shape index (κ2) is 8.79. The van der Waals surface area contributed by atoms with Crippen molar-refractivity contribution in [1.29, 1.82) is 0 Å². The van der Waals surface area contributed by atoms with Crippen molar-refractivity contribution in [2.75, 3.05) is 39.0 Å². The maximum Gasteiger partial charge on any atom is 0.250 e. The van der Waals surface area contributed by atoms with Crippen molar-refractivity contribution in [2.24, 2.45) is 0 Å². The third-order valence-corrected chi connectivity index (χ3v) is 6.08. The summed E-state index contributed by atoms with van der Waals surface area (Å²) >= 11 is 0. The fourth-order valence-corrected chi connectivity index (χ4v) is 4.16. The van der Waals surface area contributed by atoms with E-state index in [9.17, 15) is 13.2 Å².